The Hall–Kier alpha value is -1.75. The maximum Gasteiger partial charge on any atom is 0.345 e. The van der Waals surface area contributed by atoms with Gasteiger partial charge in [0.05, 0.1) is 12.2 Å². The van der Waals surface area contributed by atoms with E-state index in [2.05, 4.69) is 0 Å². The van der Waals surface area contributed by atoms with Crippen LogP contribution in [0.5, 0.6) is 11.5 Å². The van der Waals surface area contributed by atoms with E-state index in [0.717, 1.165) is 34.4 Å². The number of fused-ring (bicyclic) bond motifs is 1. The fourth-order valence-electron chi connectivity index (χ4n) is 2.99. The molecule has 1 aliphatic carbocycles. The number of hydrogen-bond acceptors (Lipinski definition) is 4. The van der Waals surface area contributed by atoms with Crippen molar-refractivity contribution < 1.29 is 19.4 Å². The molecule has 1 fully saturated rings. The van der Waals surface area contributed by atoms with Crippen LogP contribution in [0.15, 0.2) is 18.2 Å². The van der Waals surface area contributed by atoms with Crippen molar-refractivity contribution in [2.45, 2.75) is 58.2 Å². The highest BCUT2D eigenvalue weighted by atomic mass is 32.1. The minimum absolute atomic E-state index is 0.0638. The molecule has 1 aromatic carbocycles. The highest BCUT2D eigenvalue weighted by Crippen LogP contribution is 2.38. The second kappa shape index (κ2) is 6.79. The van der Waals surface area contributed by atoms with E-state index in [0.29, 0.717) is 4.88 Å². The largest absolute Gasteiger partial charge is 0.491 e. The van der Waals surface area contributed by atoms with E-state index in [1.54, 1.807) is 6.07 Å². The van der Waals surface area contributed by atoms with Crippen LogP contribution in [-0.4, -0.2) is 23.3 Å². The van der Waals surface area contributed by atoms with Gasteiger partial charge in [-0.05, 0) is 51.7 Å². The molecule has 2 aromatic rings. The Labute approximate surface area is 140 Å². The van der Waals surface area contributed by atoms with Gasteiger partial charge >= 0.3 is 5.97 Å². The quantitative estimate of drug-likeness (QED) is 0.826. The van der Waals surface area contributed by atoms with E-state index < -0.39 is 5.97 Å². The number of thiophene rings is 1. The molecule has 5 heteroatoms. The molecule has 1 N–H and O–H groups in total. The summed E-state index contributed by atoms with van der Waals surface area (Å²) in [5.74, 6) is 0.576. The lowest BCUT2D eigenvalue weighted by Crippen LogP contribution is -2.19. The molecule has 124 valence electrons. The van der Waals surface area contributed by atoms with Crippen molar-refractivity contribution in [3.63, 3.8) is 0 Å². The van der Waals surface area contributed by atoms with E-state index >= 15 is 0 Å². The first-order chi connectivity index (χ1) is 11.0. The normalized spacial score (nSPS) is 16.0. The molecule has 0 spiro atoms. The summed E-state index contributed by atoms with van der Waals surface area (Å²) in [6.07, 6.45) is 6.07. The van der Waals surface area contributed by atoms with E-state index in [-0.39, 0.29) is 12.2 Å². The average molecular weight is 334 g/mol. The van der Waals surface area contributed by atoms with Crippen molar-refractivity contribution in [1.29, 1.82) is 0 Å². The van der Waals surface area contributed by atoms with Gasteiger partial charge in [-0.25, -0.2) is 4.79 Å². The van der Waals surface area contributed by atoms with Crippen LogP contribution in [0.25, 0.3) is 10.1 Å². The number of ether oxygens (including phenoxy) is 2. The van der Waals surface area contributed by atoms with E-state index in [4.69, 9.17) is 9.47 Å². The molecular weight excluding hydrogens is 312 g/mol. The molecule has 3 rings (SSSR count). The third-order valence-corrected chi connectivity index (χ3v) is 5.07. The first-order valence-corrected chi connectivity index (χ1v) is 8.99. The van der Waals surface area contributed by atoms with Crippen molar-refractivity contribution in [1.82, 2.24) is 0 Å². The zero-order valence-electron chi connectivity index (χ0n) is 13.5. The maximum atomic E-state index is 11.3. The van der Waals surface area contributed by atoms with Crippen LogP contribution in [-0.2, 0) is 0 Å². The lowest BCUT2D eigenvalue weighted by atomic mass is 9.98. The Balaban J connectivity index is 1.98. The topological polar surface area (TPSA) is 55.8 Å². The Kier molecular flexibility index (Phi) is 4.76. The summed E-state index contributed by atoms with van der Waals surface area (Å²) < 4.78 is 12.9. The van der Waals surface area contributed by atoms with Crippen molar-refractivity contribution in [3.8, 4) is 11.5 Å². The molecule has 1 aliphatic rings. The predicted molar refractivity (Wildman–Crippen MR) is 92.0 cm³/mol. The highest BCUT2D eigenvalue weighted by molar-refractivity contribution is 7.20. The minimum atomic E-state index is -0.902. The first-order valence-electron chi connectivity index (χ1n) is 8.17. The number of carbonyl (C=O) groups is 1. The van der Waals surface area contributed by atoms with Crippen LogP contribution >= 0.6 is 11.3 Å². The third-order valence-electron chi connectivity index (χ3n) is 4.00. The summed E-state index contributed by atoms with van der Waals surface area (Å²) >= 11 is 1.26. The molecule has 1 saturated carbocycles. The smallest absolute Gasteiger partial charge is 0.345 e. The van der Waals surface area contributed by atoms with Gasteiger partial charge in [-0.15, -0.1) is 11.3 Å². The number of benzene rings is 1. The van der Waals surface area contributed by atoms with Gasteiger partial charge in [-0.2, -0.15) is 0 Å². The summed E-state index contributed by atoms with van der Waals surface area (Å²) in [5, 5.41) is 10.1. The van der Waals surface area contributed by atoms with Crippen molar-refractivity contribution in [3.05, 3.63) is 23.1 Å². The molecule has 1 heterocycles. The molecule has 23 heavy (non-hydrogen) atoms. The van der Waals surface area contributed by atoms with E-state index in [1.165, 1.54) is 30.6 Å². The SMILES string of the molecule is CC(C)Oc1cc(OC2CCCCC2)c2cc(C(=O)O)sc2c1. The second-order valence-electron chi connectivity index (χ2n) is 6.29. The Bertz CT molecular complexity index is 698. The predicted octanol–water partition coefficient (Wildman–Crippen LogP) is 5.10. The molecule has 0 saturated heterocycles. The number of carboxylic acids is 1. The highest BCUT2D eigenvalue weighted by Gasteiger charge is 2.19. The zero-order valence-corrected chi connectivity index (χ0v) is 14.3. The van der Waals surface area contributed by atoms with Gasteiger partial charge in [0.25, 0.3) is 0 Å². The van der Waals surface area contributed by atoms with Crippen LogP contribution in [0.2, 0.25) is 0 Å². The molecule has 0 aliphatic heterocycles. The molecule has 0 unspecified atom stereocenters. The lowest BCUT2D eigenvalue weighted by Gasteiger charge is -2.24. The monoisotopic (exact) mass is 334 g/mol. The zero-order chi connectivity index (χ0) is 16.4. The van der Waals surface area contributed by atoms with Gasteiger partial charge in [0.2, 0.25) is 0 Å². The van der Waals surface area contributed by atoms with Gasteiger partial charge in [-0.1, -0.05) is 6.42 Å². The Morgan fingerprint density at radius 1 is 1.22 bits per heavy atom. The number of rotatable bonds is 5. The standard InChI is InChI=1S/C18H22O4S/c1-11(2)21-13-8-15(22-12-6-4-3-5-7-12)14-10-17(18(19)20)23-16(14)9-13/h8-12H,3-7H2,1-2H3,(H,19,20). The van der Waals surface area contributed by atoms with Gasteiger partial charge in [-0.3, -0.25) is 0 Å². The van der Waals surface area contributed by atoms with Gasteiger partial charge in [0, 0.05) is 16.2 Å². The molecule has 0 atom stereocenters. The van der Waals surface area contributed by atoms with Crippen LogP contribution in [0.4, 0.5) is 0 Å². The lowest BCUT2D eigenvalue weighted by molar-refractivity contribution is 0.0702. The first kappa shape index (κ1) is 16.1. The Morgan fingerprint density at radius 2 is 1.96 bits per heavy atom. The Morgan fingerprint density at radius 3 is 2.61 bits per heavy atom. The van der Waals surface area contributed by atoms with Crippen LogP contribution in [0.3, 0.4) is 0 Å². The van der Waals surface area contributed by atoms with E-state index in [1.807, 2.05) is 26.0 Å². The number of aromatic carboxylic acids is 1. The molecule has 4 nitrogen and oxygen atoms in total. The van der Waals surface area contributed by atoms with Crippen molar-refractivity contribution in [2.75, 3.05) is 0 Å². The molecule has 0 amide bonds. The third kappa shape index (κ3) is 3.78. The number of carboxylic acid groups (broad SMARTS) is 1. The summed E-state index contributed by atoms with van der Waals surface area (Å²) in [4.78, 5) is 11.6. The van der Waals surface area contributed by atoms with Crippen molar-refractivity contribution in [2.24, 2.45) is 0 Å². The maximum absolute atomic E-state index is 11.3. The van der Waals surface area contributed by atoms with Gasteiger partial charge in [0.1, 0.15) is 16.4 Å². The fraction of sp³-hybridized carbons (Fsp3) is 0.500. The molecule has 0 bridgehead atoms. The molecule has 1 aromatic heterocycles. The van der Waals surface area contributed by atoms with Crippen LogP contribution in [0, 0.1) is 0 Å². The van der Waals surface area contributed by atoms with Crippen molar-refractivity contribution >= 4 is 27.4 Å². The summed E-state index contributed by atoms with van der Waals surface area (Å²) in [6.45, 7) is 3.95. The average Bonchev–Trinajstić information content (AvgIpc) is 2.92. The summed E-state index contributed by atoms with van der Waals surface area (Å²) in [7, 11) is 0. The number of hydrogen-bond donors (Lipinski definition) is 1. The van der Waals surface area contributed by atoms with Gasteiger partial charge < -0.3 is 14.6 Å². The molecular formula is C18H22O4S. The fourth-order valence-corrected chi connectivity index (χ4v) is 3.93. The molecule has 0 radical (unpaired) electrons. The second-order valence-corrected chi connectivity index (χ2v) is 7.38. The van der Waals surface area contributed by atoms with Gasteiger partial charge in [0.15, 0.2) is 0 Å². The summed E-state index contributed by atoms with van der Waals surface area (Å²) in [5.41, 5.74) is 0. The van der Waals surface area contributed by atoms with E-state index in [9.17, 15) is 9.90 Å². The van der Waals surface area contributed by atoms with Crippen LogP contribution < -0.4 is 9.47 Å². The van der Waals surface area contributed by atoms with Crippen LogP contribution in [0.1, 0.15) is 55.6 Å². The minimum Gasteiger partial charge on any atom is -0.491 e. The summed E-state index contributed by atoms with van der Waals surface area (Å²) in [6, 6.07) is 5.51.